The summed E-state index contributed by atoms with van der Waals surface area (Å²) < 4.78 is 0. The van der Waals surface area contributed by atoms with Crippen molar-refractivity contribution in [3.63, 3.8) is 0 Å². The zero-order valence-corrected chi connectivity index (χ0v) is 15.1. The van der Waals surface area contributed by atoms with Gasteiger partial charge in [0.05, 0.1) is 6.04 Å². The minimum absolute atomic E-state index is 0.0518. The van der Waals surface area contributed by atoms with Crippen molar-refractivity contribution in [3.8, 4) is 0 Å². The molecule has 1 aliphatic rings. The van der Waals surface area contributed by atoms with E-state index >= 15 is 0 Å². The van der Waals surface area contributed by atoms with Crippen molar-refractivity contribution in [1.29, 1.82) is 0 Å². The molecule has 134 valence electrons. The number of aliphatic hydroxyl groups is 1. The molecule has 24 heavy (non-hydrogen) atoms. The van der Waals surface area contributed by atoms with Crippen molar-refractivity contribution in [2.24, 2.45) is 11.3 Å². The molecule has 0 radical (unpaired) electrons. The Morgan fingerprint density at radius 1 is 1.33 bits per heavy atom. The molecule has 5 nitrogen and oxygen atoms in total. The third kappa shape index (κ3) is 4.08. The molecule has 1 saturated heterocycles. The van der Waals surface area contributed by atoms with E-state index in [1.165, 1.54) is 0 Å². The van der Waals surface area contributed by atoms with Crippen molar-refractivity contribution < 1.29 is 15.0 Å². The molecule has 1 aliphatic heterocycles. The van der Waals surface area contributed by atoms with Crippen molar-refractivity contribution >= 4 is 6.09 Å². The molecule has 0 aliphatic carbocycles. The Labute approximate surface area is 144 Å². The molecular formula is C19H30N2O3. The number of nitrogens with one attached hydrogen (secondary N) is 1. The number of piperidine rings is 1. The first-order valence-electron chi connectivity index (χ1n) is 8.67. The number of nitrogens with zero attached hydrogens (tertiary/aromatic N) is 1. The van der Waals surface area contributed by atoms with Gasteiger partial charge in [0.1, 0.15) is 0 Å². The maximum atomic E-state index is 11.7. The van der Waals surface area contributed by atoms with Gasteiger partial charge >= 0.3 is 6.09 Å². The highest BCUT2D eigenvalue weighted by Gasteiger charge is 2.46. The van der Waals surface area contributed by atoms with E-state index in [2.05, 4.69) is 45.1 Å². The summed E-state index contributed by atoms with van der Waals surface area (Å²) in [7, 11) is 0. The van der Waals surface area contributed by atoms with Crippen molar-refractivity contribution in [2.75, 3.05) is 13.2 Å². The lowest BCUT2D eigenvalue weighted by atomic mass is 9.73. The van der Waals surface area contributed by atoms with E-state index in [0.29, 0.717) is 13.0 Å². The summed E-state index contributed by atoms with van der Waals surface area (Å²) in [5.41, 5.74) is 0.939. The Morgan fingerprint density at radius 2 is 1.96 bits per heavy atom. The molecule has 4 atom stereocenters. The van der Waals surface area contributed by atoms with Gasteiger partial charge < -0.3 is 20.4 Å². The molecule has 1 unspecified atom stereocenters. The first-order chi connectivity index (χ1) is 11.3. The van der Waals surface area contributed by atoms with Gasteiger partial charge in [-0.2, -0.15) is 0 Å². The first-order valence-corrected chi connectivity index (χ1v) is 8.67. The number of rotatable bonds is 4. The number of likely N-dealkylation sites (tertiary alicyclic amines) is 1. The van der Waals surface area contributed by atoms with Gasteiger partial charge in [0.2, 0.25) is 0 Å². The predicted molar refractivity (Wildman–Crippen MR) is 94.9 cm³/mol. The summed E-state index contributed by atoms with van der Waals surface area (Å²) in [6, 6.07) is 9.93. The maximum Gasteiger partial charge on any atom is 0.407 e. The molecule has 1 aromatic rings. The van der Waals surface area contributed by atoms with Gasteiger partial charge in [-0.25, -0.2) is 4.79 Å². The highest BCUT2D eigenvalue weighted by Crippen LogP contribution is 2.36. The smallest absolute Gasteiger partial charge is 0.407 e. The molecule has 1 amide bonds. The van der Waals surface area contributed by atoms with Gasteiger partial charge in [-0.1, -0.05) is 51.1 Å². The van der Waals surface area contributed by atoms with Gasteiger partial charge in [0.15, 0.2) is 0 Å². The van der Waals surface area contributed by atoms with Crippen molar-refractivity contribution in [3.05, 3.63) is 35.9 Å². The highest BCUT2D eigenvalue weighted by molar-refractivity contribution is 5.66. The Bertz CT molecular complexity index is 541. The maximum absolute atomic E-state index is 11.7. The molecule has 5 heteroatoms. The molecule has 3 N–H and O–H groups in total. The molecule has 1 heterocycles. The van der Waals surface area contributed by atoms with Crippen LogP contribution in [0.3, 0.4) is 0 Å². The predicted octanol–water partition coefficient (Wildman–Crippen LogP) is 3.11. The summed E-state index contributed by atoms with van der Waals surface area (Å²) >= 11 is 0. The fourth-order valence-electron chi connectivity index (χ4n) is 3.85. The molecule has 0 aromatic heterocycles. The quantitative estimate of drug-likeness (QED) is 0.791. The second kappa shape index (κ2) is 7.53. The van der Waals surface area contributed by atoms with Crippen LogP contribution in [0.1, 0.15) is 45.7 Å². The minimum Gasteiger partial charge on any atom is -0.465 e. The summed E-state index contributed by atoms with van der Waals surface area (Å²) in [5.74, 6) is 0.0518. The number of carbonyl (C=O) groups is 1. The van der Waals surface area contributed by atoms with Gasteiger partial charge in [0.25, 0.3) is 0 Å². The van der Waals surface area contributed by atoms with Crippen LogP contribution in [0.15, 0.2) is 30.3 Å². The second-order valence-corrected chi connectivity index (χ2v) is 7.84. The molecule has 2 rings (SSSR count). The number of hydrogen-bond donors (Lipinski definition) is 3. The lowest BCUT2D eigenvalue weighted by molar-refractivity contribution is -0.00382. The summed E-state index contributed by atoms with van der Waals surface area (Å²) in [5, 5.41) is 23.1. The van der Waals surface area contributed by atoms with Crippen molar-refractivity contribution in [1.82, 2.24) is 10.2 Å². The van der Waals surface area contributed by atoms with Gasteiger partial charge in [-0.3, -0.25) is 0 Å². The van der Waals surface area contributed by atoms with Crippen LogP contribution in [0.2, 0.25) is 0 Å². The SMILES string of the molecule is C[C@H](N[C@H]1C(C(C)(C)C)N(C(=O)O)CC[C@H]1CO)c1ccccc1. The van der Waals surface area contributed by atoms with E-state index in [1.54, 1.807) is 4.90 Å². The van der Waals surface area contributed by atoms with Crippen LogP contribution >= 0.6 is 0 Å². The Balaban J connectivity index is 2.30. The van der Waals surface area contributed by atoms with E-state index < -0.39 is 6.09 Å². The standard InChI is InChI=1S/C19H30N2O3/c1-13(14-8-6-5-7-9-14)20-16-15(12-22)10-11-21(18(23)24)17(16)19(2,3)4/h5-9,13,15-17,20,22H,10-12H2,1-4H3,(H,23,24)/t13-,15-,16+,17?/m0/s1. The normalized spacial score (nSPS) is 26.2. The van der Waals surface area contributed by atoms with Crippen LogP contribution in [-0.4, -0.2) is 46.4 Å². The summed E-state index contributed by atoms with van der Waals surface area (Å²) in [4.78, 5) is 13.3. The summed E-state index contributed by atoms with van der Waals surface area (Å²) in [6.45, 7) is 8.82. The Hall–Kier alpha value is -1.59. The van der Waals surface area contributed by atoms with Crippen LogP contribution in [0.25, 0.3) is 0 Å². The molecular weight excluding hydrogens is 304 g/mol. The van der Waals surface area contributed by atoms with E-state index in [4.69, 9.17) is 0 Å². The molecule has 0 spiro atoms. The van der Waals surface area contributed by atoms with Crippen LogP contribution in [0, 0.1) is 11.3 Å². The average Bonchev–Trinajstić information content (AvgIpc) is 2.54. The minimum atomic E-state index is -0.884. The van der Waals surface area contributed by atoms with Gasteiger partial charge in [0, 0.05) is 31.2 Å². The van der Waals surface area contributed by atoms with Gasteiger partial charge in [-0.15, -0.1) is 0 Å². The number of aliphatic hydroxyl groups excluding tert-OH is 1. The van der Waals surface area contributed by atoms with E-state index in [0.717, 1.165) is 5.56 Å². The first kappa shape index (κ1) is 18.7. The average molecular weight is 334 g/mol. The van der Waals surface area contributed by atoms with Gasteiger partial charge in [-0.05, 0) is 24.3 Å². The topological polar surface area (TPSA) is 72.8 Å². The Kier molecular flexibility index (Phi) is 5.88. The summed E-state index contributed by atoms with van der Waals surface area (Å²) in [6.07, 6.45) is -0.209. The number of benzene rings is 1. The molecule has 1 aromatic carbocycles. The third-order valence-electron chi connectivity index (χ3n) is 5.03. The van der Waals surface area contributed by atoms with E-state index in [-0.39, 0.29) is 36.1 Å². The molecule has 1 fully saturated rings. The number of amides is 1. The van der Waals surface area contributed by atoms with Crippen LogP contribution in [-0.2, 0) is 0 Å². The second-order valence-electron chi connectivity index (χ2n) is 7.84. The fourth-order valence-corrected chi connectivity index (χ4v) is 3.85. The van der Waals surface area contributed by atoms with Crippen LogP contribution in [0.5, 0.6) is 0 Å². The van der Waals surface area contributed by atoms with E-state index in [1.807, 2.05) is 18.2 Å². The van der Waals surface area contributed by atoms with Crippen LogP contribution < -0.4 is 5.32 Å². The van der Waals surface area contributed by atoms with E-state index in [9.17, 15) is 15.0 Å². The zero-order chi connectivity index (χ0) is 17.9. The molecule has 0 saturated carbocycles. The zero-order valence-electron chi connectivity index (χ0n) is 15.1. The fraction of sp³-hybridized carbons (Fsp3) is 0.632. The third-order valence-corrected chi connectivity index (χ3v) is 5.03. The number of carboxylic acid groups (broad SMARTS) is 1. The Morgan fingerprint density at radius 3 is 2.46 bits per heavy atom. The number of hydrogen-bond acceptors (Lipinski definition) is 3. The lowest BCUT2D eigenvalue weighted by Crippen LogP contribution is -2.64. The lowest BCUT2D eigenvalue weighted by Gasteiger charge is -2.50. The molecule has 0 bridgehead atoms. The monoisotopic (exact) mass is 334 g/mol. The van der Waals surface area contributed by atoms with Crippen LogP contribution in [0.4, 0.5) is 4.79 Å². The largest absolute Gasteiger partial charge is 0.465 e. The van der Waals surface area contributed by atoms with Crippen molar-refractivity contribution in [2.45, 2.75) is 52.2 Å². The highest BCUT2D eigenvalue weighted by atomic mass is 16.4.